The molecule has 2 N–H and O–H groups in total. The molecule has 0 aliphatic heterocycles. The number of imidazole rings is 1. The summed E-state index contributed by atoms with van der Waals surface area (Å²) in [5.41, 5.74) is 6.66. The zero-order valence-corrected chi connectivity index (χ0v) is 7.17. The zero-order valence-electron chi connectivity index (χ0n) is 7.17. The van der Waals surface area contributed by atoms with E-state index in [1.807, 2.05) is 6.20 Å². The second-order valence-electron chi connectivity index (χ2n) is 2.61. The van der Waals surface area contributed by atoms with E-state index in [9.17, 15) is 0 Å². The molecule has 11 heavy (non-hydrogen) atoms. The summed E-state index contributed by atoms with van der Waals surface area (Å²) in [6.45, 7) is 5.73. The van der Waals surface area contributed by atoms with Gasteiger partial charge in [0.05, 0.1) is 0 Å². The Balaban J connectivity index is 2.88. The molecule has 0 atom stereocenters. The SMILES string of the molecule is CCc1ncc(C)n1CCN. The van der Waals surface area contributed by atoms with Crippen LogP contribution < -0.4 is 5.73 Å². The number of nitrogens with zero attached hydrogens (tertiary/aromatic N) is 2. The van der Waals surface area contributed by atoms with Crippen molar-refractivity contribution in [2.45, 2.75) is 26.8 Å². The van der Waals surface area contributed by atoms with Crippen LogP contribution in [-0.4, -0.2) is 16.1 Å². The largest absolute Gasteiger partial charge is 0.331 e. The number of hydrogen-bond acceptors (Lipinski definition) is 2. The molecule has 0 radical (unpaired) electrons. The molecule has 0 aliphatic carbocycles. The Hall–Kier alpha value is -0.830. The molecular weight excluding hydrogens is 138 g/mol. The highest BCUT2D eigenvalue weighted by Gasteiger charge is 2.02. The minimum atomic E-state index is 0.685. The standard InChI is InChI=1S/C8H15N3/c1-3-8-10-6-7(2)11(8)5-4-9/h6H,3-5,9H2,1-2H3. The summed E-state index contributed by atoms with van der Waals surface area (Å²) < 4.78 is 2.17. The Morgan fingerprint density at radius 1 is 1.64 bits per heavy atom. The minimum absolute atomic E-state index is 0.685. The highest BCUT2D eigenvalue weighted by atomic mass is 15.1. The number of aryl methyl sites for hydroxylation is 2. The molecular formula is C8H15N3. The van der Waals surface area contributed by atoms with E-state index >= 15 is 0 Å². The van der Waals surface area contributed by atoms with Crippen LogP contribution in [0.1, 0.15) is 18.4 Å². The second-order valence-corrected chi connectivity index (χ2v) is 2.61. The minimum Gasteiger partial charge on any atom is -0.331 e. The lowest BCUT2D eigenvalue weighted by molar-refractivity contribution is 0.651. The fourth-order valence-electron chi connectivity index (χ4n) is 1.23. The number of rotatable bonds is 3. The van der Waals surface area contributed by atoms with Crippen LogP contribution in [0.4, 0.5) is 0 Å². The Morgan fingerprint density at radius 3 is 2.91 bits per heavy atom. The topological polar surface area (TPSA) is 43.8 Å². The quantitative estimate of drug-likeness (QED) is 0.695. The van der Waals surface area contributed by atoms with Gasteiger partial charge in [-0.1, -0.05) is 6.92 Å². The van der Waals surface area contributed by atoms with E-state index in [-0.39, 0.29) is 0 Å². The molecule has 1 aromatic rings. The number of nitrogens with two attached hydrogens (primary N) is 1. The average Bonchev–Trinajstić information content (AvgIpc) is 2.34. The summed E-state index contributed by atoms with van der Waals surface area (Å²) in [4.78, 5) is 4.26. The summed E-state index contributed by atoms with van der Waals surface area (Å²) in [6.07, 6.45) is 2.88. The van der Waals surface area contributed by atoms with Gasteiger partial charge in [-0.2, -0.15) is 0 Å². The first-order chi connectivity index (χ1) is 5.29. The Kier molecular flexibility index (Phi) is 2.65. The smallest absolute Gasteiger partial charge is 0.108 e. The molecule has 62 valence electrons. The van der Waals surface area contributed by atoms with Crippen molar-refractivity contribution >= 4 is 0 Å². The second kappa shape index (κ2) is 3.53. The first-order valence-electron chi connectivity index (χ1n) is 4.00. The lowest BCUT2D eigenvalue weighted by atomic mass is 10.4. The Labute approximate surface area is 67.2 Å². The van der Waals surface area contributed by atoms with Crippen LogP contribution in [0.15, 0.2) is 6.20 Å². The van der Waals surface area contributed by atoms with E-state index in [0.717, 1.165) is 18.8 Å². The molecule has 0 saturated carbocycles. The maximum atomic E-state index is 5.46. The van der Waals surface area contributed by atoms with Gasteiger partial charge in [0.2, 0.25) is 0 Å². The van der Waals surface area contributed by atoms with Gasteiger partial charge in [-0.15, -0.1) is 0 Å². The van der Waals surface area contributed by atoms with Crippen LogP contribution in [0.2, 0.25) is 0 Å². The first-order valence-corrected chi connectivity index (χ1v) is 4.00. The van der Waals surface area contributed by atoms with Gasteiger partial charge in [0.15, 0.2) is 0 Å². The van der Waals surface area contributed by atoms with Crippen molar-refractivity contribution in [3.05, 3.63) is 17.7 Å². The third-order valence-electron chi connectivity index (χ3n) is 1.81. The van der Waals surface area contributed by atoms with E-state index in [1.54, 1.807) is 0 Å². The summed E-state index contributed by atoms with van der Waals surface area (Å²) >= 11 is 0. The lowest BCUT2D eigenvalue weighted by Gasteiger charge is -2.05. The highest BCUT2D eigenvalue weighted by molar-refractivity contribution is 5.03. The predicted octanol–water partition coefficient (Wildman–Crippen LogP) is 0.713. The molecule has 0 unspecified atom stereocenters. The lowest BCUT2D eigenvalue weighted by Crippen LogP contribution is -2.13. The summed E-state index contributed by atoms with van der Waals surface area (Å²) in [5, 5.41) is 0. The van der Waals surface area contributed by atoms with Gasteiger partial charge in [-0.05, 0) is 6.92 Å². The van der Waals surface area contributed by atoms with Crippen molar-refractivity contribution < 1.29 is 0 Å². The summed E-state index contributed by atoms with van der Waals surface area (Å²) in [5.74, 6) is 1.13. The monoisotopic (exact) mass is 153 g/mol. The first kappa shape index (κ1) is 8.27. The molecule has 0 aliphatic rings. The van der Waals surface area contributed by atoms with Crippen LogP contribution in [0.3, 0.4) is 0 Å². The molecule has 3 nitrogen and oxygen atoms in total. The molecule has 1 aromatic heterocycles. The molecule has 0 spiro atoms. The molecule has 0 amide bonds. The molecule has 3 heteroatoms. The van der Waals surface area contributed by atoms with Crippen LogP contribution in [0, 0.1) is 6.92 Å². The maximum Gasteiger partial charge on any atom is 0.108 e. The number of hydrogen-bond donors (Lipinski definition) is 1. The van der Waals surface area contributed by atoms with Crippen molar-refractivity contribution in [3.8, 4) is 0 Å². The van der Waals surface area contributed by atoms with Gasteiger partial charge in [0, 0.05) is 31.4 Å². The molecule has 0 aromatic carbocycles. The van der Waals surface area contributed by atoms with E-state index in [2.05, 4.69) is 23.4 Å². The predicted molar refractivity (Wildman–Crippen MR) is 45.4 cm³/mol. The van der Waals surface area contributed by atoms with Gasteiger partial charge in [-0.3, -0.25) is 0 Å². The van der Waals surface area contributed by atoms with E-state index in [1.165, 1.54) is 5.69 Å². The molecule has 1 heterocycles. The van der Waals surface area contributed by atoms with Crippen LogP contribution >= 0.6 is 0 Å². The van der Waals surface area contributed by atoms with Gasteiger partial charge < -0.3 is 10.3 Å². The van der Waals surface area contributed by atoms with Crippen molar-refractivity contribution in [1.82, 2.24) is 9.55 Å². The average molecular weight is 153 g/mol. The molecule has 0 bridgehead atoms. The van der Waals surface area contributed by atoms with Crippen molar-refractivity contribution in [1.29, 1.82) is 0 Å². The van der Waals surface area contributed by atoms with Crippen LogP contribution in [0.5, 0.6) is 0 Å². The van der Waals surface area contributed by atoms with Crippen LogP contribution in [0.25, 0.3) is 0 Å². The molecule has 1 rings (SSSR count). The number of aromatic nitrogens is 2. The third-order valence-corrected chi connectivity index (χ3v) is 1.81. The summed E-state index contributed by atoms with van der Waals surface area (Å²) in [6, 6.07) is 0. The van der Waals surface area contributed by atoms with Crippen molar-refractivity contribution in [3.63, 3.8) is 0 Å². The Morgan fingerprint density at radius 2 is 2.36 bits per heavy atom. The fraction of sp³-hybridized carbons (Fsp3) is 0.625. The van der Waals surface area contributed by atoms with E-state index in [4.69, 9.17) is 5.73 Å². The normalized spacial score (nSPS) is 10.5. The van der Waals surface area contributed by atoms with Gasteiger partial charge in [0.25, 0.3) is 0 Å². The van der Waals surface area contributed by atoms with Gasteiger partial charge >= 0.3 is 0 Å². The fourth-order valence-corrected chi connectivity index (χ4v) is 1.23. The molecule has 0 fully saturated rings. The van der Waals surface area contributed by atoms with E-state index in [0.29, 0.717) is 6.54 Å². The van der Waals surface area contributed by atoms with Crippen molar-refractivity contribution in [2.24, 2.45) is 5.73 Å². The summed E-state index contributed by atoms with van der Waals surface area (Å²) in [7, 11) is 0. The third kappa shape index (κ3) is 1.60. The highest BCUT2D eigenvalue weighted by Crippen LogP contribution is 2.03. The Bertz CT molecular complexity index is 227. The van der Waals surface area contributed by atoms with Gasteiger partial charge in [0.1, 0.15) is 5.82 Å². The van der Waals surface area contributed by atoms with E-state index < -0.39 is 0 Å². The maximum absolute atomic E-state index is 5.46. The molecule has 0 saturated heterocycles. The van der Waals surface area contributed by atoms with Crippen LogP contribution in [-0.2, 0) is 13.0 Å². The van der Waals surface area contributed by atoms with Gasteiger partial charge in [-0.25, -0.2) is 4.98 Å². The zero-order chi connectivity index (χ0) is 8.27. The van der Waals surface area contributed by atoms with Crippen molar-refractivity contribution in [2.75, 3.05) is 6.54 Å².